The maximum Gasteiger partial charge on any atom is 0.128 e. The Morgan fingerprint density at radius 3 is 2.65 bits per heavy atom. The van der Waals surface area contributed by atoms with Gasteiger partial charge < -0.3 is 10.6 Å². The summed E-state index contributed by atoms with van der Waals surface area (Å²) in [6.45, 7) is 6.31. The van der Waals surface area contributed by atoms with Crippen LogP contribution in [0.3, 0.4) is 0 Å². The van der Waals surface area contributed by atoms with Gasteiger partial charge in [-0.3, -0.25) is 4.90 Å². The highest BCUT2D eigenvalue weighted by molar-refractivity contribution is 5.69. The molecule has 2 aliphatic heterocycles. The highest BCUT2D eigenvalue weighted by Gasteiger charge is 2.29. The number of piperidine rings is 1. The number of nitrogens with zero attached hydrogens (tertiary/aromatic N) is 2. The van der Waals surface area contributed by atoms with Crippen molar-refractivity contribution in [3.05, 3.63) is 23.5 Å². The maximum absolute atomic E-state index is 13.5. The van der Waals surface area contributed by atoms with Crippen LogP contribution in [-0.4, -0.2) is 37.1 Å². The maximum atomic E-state index is 13.5. The van der Waals surface area contributed by atoms with Crippen molar-refractivity contribution in [1.82, 2.24) is 4.90 Å². The van der Waals surface area contributed by atoms with E-state index in [4.69, 9.17) is 5.73 Å². The van der Waals surface area contributed by atoms with E-state index >= 15 is 0 Å². The summed E-state index contributed by atoms with van der Waals surface area (Å²) in [6, 6.07) is 3.99. The highest BCUT2D eigenvalue weighted by atomic mass is 19.1. The van der Waals surface area contributed by atoms with Crippen LogP contribution in [0.4, 0.5) is 15.8 Å². The molecule has 1 atom stereocenters. The first kappa shape index (κ1) is 13.7. The topological polar surface area (TPSA) is 32.5 Å². The average molecular weight is 277 g/mol. The number of aryl methyl sites for hydroxylation is 1. The van der Waals surface area contributed by atoms with Gasteiger partial charge in [0, 0.05) is 19.1 Å². The summed E-state index contributed by atoms with van der Waals surface area (Å²) in [6.07, 6.45) is 5.22. The minimum Gasteiger partial charge on any atom is -0.397 e. The van der Waals surface area contributed by atoms with E-state index in [2.05, 4.69) is 9.80 Å². The van der Waals surface area contributed by atoms with Crippen molar-refractivity contribution >= 4 is 11.4 Å². The number of likely N-dealkylation sites (tertiary alicyclic amines) is 1. The van der Waals surface area contributed by atoms with E-state index in [1.807, 2.05) is 6.07 Å². The van der Waals surface area contributed by atoms with Crippen molar-refractivity contribution in [1.29, 1.82) is 0 Å². The molecule has 20 heavy (non-hydrogen) atoms. The van der Waals surface area contributed by atoms with Crippen molar-refractivity contribution in [2.45, 2.75) is 38.6 Å². The smallest absolute Gasteiger partial charge is 0.128 e. The van der Waals surface area contributed by atoms with E-state index in [1.165, 1.54) is 44.8 Å². The summed E-state index contributed by atoms with van der Waals surface area (Å²) in [7, 11) is 0. The van der Waals surface area contributed by atoms with Crippen LogP contribution in [0, 0.1) is 12.7 Å². The summed E-state index contributed by atoms with van der Waals surface area (Å²) in [5.74, 6) is -0.210. The van der Waals surface area contributed by atoms with Gasteiger partial charge in [0.15, 0.2) is 0 Å². The number of halogens is 1. The molecule has 0 aliphatic carbocycles. The van der Waals surface area contributed by atoms with Crippen molar-refractivity contribution in [3.63, 3.8) is 0 Å². The number of hydrogen-bond acceptors (Lipinski definition) is 3. The fourth-order valence-corrected chi connectivity index (χ4v) is 3.50. The summed E-state index contributed by atoms with van der Waals surface area (Å²) >= 11 is 0. The average Bonchev–Trinajstić information content (AvgIpc) is 2.93. The van der Waals surface area contributed by atoms with Crippen molar-refractivity contribution in [3.8, 4) is 0 Å². The Bertz CT molecular complexity index is 483. The highest BCUT2D eigenvalue weighted by Crippen LogP contribution is 2.31. The lowest BCUT2D eigenvalue weighted by Crippen LogP contribution is -2.40. The Hall–Kier alpha value is -1.29. The Morgan fingerprint density at radius 2 is 1.90 bits per heavy atom. The lowest BCUT2D eigenvalue weighted by molar-refractivity contribution is 0.175. The minimum absolute atomic E-state index is 0.210. The third kappa shape index (κ3) is 2.62. The van der Waals surface area contributed by atoms with Crippen LogP contribution in [0.25, 0.3) is 0 Å². The molecule has 3 rings (SSSR count). The largest absolute Gasteiger partial charge is 0.397 e. The van der Waals surface area contributed by atoms with Gasteiger partial charge in [-0.15, -0.1) is 0 Å². The van der Waals surface area contributed by atoms with Gasteiger partial charge in [0.2, 0.25) is 0 Å². The van der Waals surface area contributed by atoms with Gasteiger partial charge in [0.1, 0.15) is 5.82 Å². The number of benzene rings is 1. The second kappa shape index (κ2) is 5.60. The second-order valence-electron chi connectivity index (χ2n) is 6.15. The molecule has 3 nitrogen and oxygen atoms in total. The van der Waals surface area contributed by atoms with Crippen LogP contribution in [0.5, 0.6) is 0 Å². The standard InChI is InChI=1S/C16H24FN3/c1-12-9-16(15(18)10-14(12)17)20-8-5-13(11-20)19-6-3-2-4-7-19/h9-10,13H,2-8,11,18H2,1H3. The number of hydrogen-bond donors (Lipinski definition) is 1. The molecule has 2 N–H and O–H groups in total. The molecule has 2 saturated heterocycles. The lowest BCUT2D eigenvalue weighted by Gasteiger charge is -2.32. The van der Waals surface area contributed by atoms with Crippen molar-refractivity contribution in [2.24, 2.45) is 0 Å². The molecule has 4 heteroatoms. The Kier molecular flexibility index (Phi) is 3.83. The van der Waals surface area contributed by atoms with Crippen LogP contribution < -0.4 is 10.6 Å². The van der Waals surface area contributed by atoms with Gasteiger partial charge in [-0.25, -0.2) is 4.39 Å². The second-order valence-corrected chi connectivity index (χ2v) is 6.15. The molecule has 1 aromatic rings. The zero-order valence-electron chi connectivity index (χ0n) is 12.2. The summed E-state index contributed by atoms with van der Waals surface area (Å²) in [4.78, 5) is 4.94. The Labute approximate surface area is 120 Å². The van der Waals surface area contributed by atoms with Crippen LogP contribution >= 0.6 is 0 Å². The molecule has 2 aliphatic rings. The van der Waals surface area contributed by atoms with E-state index < -0.39 is 0 Å². The first-order valence-electron chi connectivity index (χ1n) is 7.70. The molecule has 0 bridgehead atoms. The first-order valence-corrected chi connectivity index (χ1v) is 7.70. The number of nitrogens with two attached hydrogens (primary N) is 1. The lowest BCUT2D eigenvalue weighted by atomic mass is 10.1. The van der Waals surface area contributed by atoms with Gasteiger partial charge in [-0.05, 0) is 57.0 Å². The summed E-state index contributed by atoms with van der Waals surface area (Å²) in [5, 5.41) is 0. The summed E-state index contributed by atoms with van der Waals surface area (Å²) in [5.41, 5.74) is 8.24. The zero-order valence-corrected chi connectivity index (χ0v) is 12.2. The fraction of sp³-hybridized carbons (Fsp3) is 0.625. The number of nitrogen functional groups attached to an aromatic ring is 1. The molecule has 2 fully saturated rings. The fourth-order valence-electron chi connectivity index (χ4n) is 3.50. The molecule has 0 spiro atoms. The molecule has 0 amide bonds. The monoisotopic (exact) mass is 277 g/mol. The van der Waals surface area contributed by atoms with Crippen LogP contribution in [0.2, 0.25) is 0 Å². The van der Waals surface area contributed by atoms with E-state index in [0.717, 1.165) is 18.8 Å². The molecule has 1 aromatic carbocycles. The molecule has 0 aromatic heterocycles. The van der Waals surface area contributed by atoms with E-state index in [9.17, 15) is 4.39 Å². The number of anilines is 2. The predicted molar refractivity (Wildman–Crippen MR) is 81.6 cm³/mol. The third-order valence-corrected chi connectivity index (χ3v) is 4.72. The zero-order chi connectivity index (χ0) is 14.1. The van der Waals surface area contributed by atoms with Gasteiger partial charge >= 0.3 is 0 Å². The Morgan fingerprint density at radius 1 is 1.15 bits per heavy atom. The van der Waals surface area contributed by atoms with Crippen molar-refractivity contribution < 1.29 is 4.39 Å². The van der Waals surface area contributed by atoms with Crippen LogP contribution in [0.1, 0.15) is 31.2 Å². The SMILES string of the molecule is Cc1cc(N2CCC(N3CCCCC3)C2)c(N)cc1F. The number of rotatable bonds is 2. The van der Waals surface area contributed by atoms with Crippen LogP contribution in [0.15, 0.2) is 12.1 Å². The quantitative estimate of drug-likeness (QED) is 0.844. The third-order valence-electron chi connectivity index (χ3n) is 4.72. The molecule has 110 valence electrons. The molecule has 0 saturated carbocycles. The Balaban J connectivity index is 1.72. The first-order chi connectivity index (χ1) is 9.65. The van der Waals surface area contributed by atoms with E-state index in [-0.39, 0.29) is 5.82 Å². The molecule has 1 unspecified atom stereocenters. The van der Waals surface area contributed by atoms with Crippen LogP contribution in [-0.2, 0) is 0 Å². The normalized spacial score (nSPS) is 24.3. The molecular formula is C16H24FN3. The van der Waals surface area contributed by atoms with Crippen molar-refractivity contribution in [2.75, 3.05) is 36.8 Å². The summed E-state index contributed by atoms with van der Waals surface area (Å²) < 4.78 is 13.5. The van der Waals surface area contributed by atoms with Gasteiger partial charge in [0.05, 0.1) is 11.4 Å². The van der Waals surface area contributed by atoms with Gasteiger partial charge in [-0.1, -0.05) is 6.42 Å². The predicted octanol–water partition coefficient (Wildman–Crippen LogP) is 2.78. The molecule has 0 radical (unpaired) electrons. The molecular weight excluding hydrogens is 253 g/mol. The minimum atomic E-state index is -0.210. The van der Waals surface area contributed by atoms with E-state index in [0.29, 0.717) is 17.3 Å². The van der Waals surface area contributed by atoms with Gasteiger partial charge in [0.25, 0.3) is 0 Å². The molecule has 2 heterocycles. The van der Waals surface area contributed by atoms with Gasteiger partial charge in [-0.2, -0.15) is 0 Å². The van der Waals surface area contributed by atoms with E-state index in [1.54, 1.807) is 6.92 Å².